The van der Waals surface area contributed by atoms with Gasteiger partial charge in [0.05, 0.1) is 18.9 Å². The molecule has 1 amide bonds. The van der Waals surface area contributed by atoms with Crippen molar-refractivity contribution in [3.05, 3.63) is 58.6 Å². The first-order chi connectivity index (χ1) is 10.0. The van der Waals surface area contributed by atoms with Crippen molar-refractivity contribution in [1.82, 2.24) is 9.88 Å². The number of hydrogen-bond donors (Lipinski definition) is 0. The van der Waals surface area contributed by atoms with Gasteiger partial charge in [-0.1, -0.05) is 29.8 Å². The summed E-state index contributed by atoms with van der Waals surface area (Å²) in [4.78, 5) is 17.4. The monoisotopic (exact) mass is 308 g/mol. The second kappa shape index (κ2) is 6.54. The Kier molecular flexibility index (Phi) is 4.75. The third-order valence-electron chi connectivity index (χ3n) is 2.98. The summed E-state index contributed by atoms with van der Waals surface area (Å²) >= 11 is 5.85. The van der Waals surface area contributed by atoms with Crippen molar-refractivity contribution in [3.8, 4) is 5.75 Å². The molecule has 110 valence electrons. The van der Waals surface area contributed by atoms with E-state index in [1.807, 2.05) is 24.3 Å². The van der Waals surface area contributed by atoms with Crippen molar-refractivity contribution in [2.75, 3.05) is 14.2 Å². The van der Waals surface area contributed by atoms with Crippen LogP contribution in [-0.2, 0) is 6.54 Å². The second-order valence-electron chi connectivity index (χ2n) is 4.46. The Balaban J connectivity index is 2.22. The van der Waals surface area contributed by atoms with Gasteiger partial charge in [-0.3, -0.25) is 4.79 Å². The molecule has 6 heteroatoms. The highest BCUT2D eigenvalue weighted by Gasteiger charge is 2.18. The molecule has 1 aromatic heterocycles. The summed E-state index contributed by atoms with van der Waals surface area (Å²) in [7, 11) is 3.17. The lowest BCUT2D eigenvalue weighted by Crippen LogP contribution is -2.27. The molecule has 0 N–H and O–H groups in total. The summed E-state index contributed by atoms with van der Waals surface area (Å²) in [5, 5.41) is -0.0201. The molecular weight excluding hydrogens is 295 g/mol. The zero-order chi connectivity index (χ0) is 15.4. The highest BCUT2D eigenvalue weighted by Crippen LogP contribution is 2.21. The highest BCUT2D eigenvalue weighted by molar-refractivity contribution is 6.32. The zero-order valence-corrected chi connectivity index (χ0v) is 12.4. The smallest absolute Gasteiger partial charge is 0.257 e. The van der Waals surface area contributed by atoms with Crippen LogP contribution in [0.5, 0.6) is 5.75 Å². The first kappa shape index (κ1) is 15.3. The van der Waals surface area contributed by atoms with E-state index in [1.165, 1.54) is 4.90 Å². The Bertz CT molecular complexity index is 664. The van der Waals surface area contributed by atoms with Gasteiger partial charge >= 0.3 is 0 Å². The van der Waals surface area contributed by atoms with Crippen LogP contribution in [-0.4, -0.2) is 29.9 Å². The van der Waals surface area contributed by atoms with E-state index >= 15 is 0 Å². The lowest BCUT2D eigenvalue weighted by Gasteiger charge is -2.19. The van der Waals surface area contributed by atoms with Crippen molar-refractivity contribution in [1.29, 1.82) is 0 Å². The van der Waals surface area contributed by atoms with E-state index in [2.05, 4.69) is 4.98 Å². The molecule has 0 aliphatic carbocycles. The Morgan fingerprint density at radius 2 is 2.14 bits per heavy atom. The molecule has 0 saturated heterocycles. The van der Waals surface area contributed by atoms with Crippen LogP contribution in [0.2, 0.25) is 5.15 Å². The van der Waals surface area contributed by atoms with Crippen LogP contribution in [0.1, 0.15) is 15.9 Å². The van der Waals surface area contributed by atoms with Gasteiger partial charge in [0.1, 0.15) is 16.7 Å². The molecule has 0 radical (unpaired) electrons. The molecule has 21 heavy (non-hydrogen) atoms. The molecule has 0 unspecified atom stereocenters. The van der Waals surface area contributed by atoms with Crippen LogP contribution < -0.4 is 4.74 Å². The van der Waals surface area contributed by atoms with Gasteiger partial charge in [-0.25, -0.2) is 9.37 Å². The summed E-state index contributed by atoms with van der Waals surface area (Å²) < 4.78 is 18.4. The maximum Gasteiger partial charge on any atom is 0.257 e. The van der Waals surface area contributed by atoms with Gasteiger partial charge in [0, 0.05) is 19.2 Å². The van der Waals surface area contributed by atoms with E-state index in [-0.39, 0.29) is 10.7 Å². The number of aromatic nitrogens is 1. The third kappa shape index (κ3) is 3.49. The number of carbonyl (C=O) groups excluding carboxylic acids is 1. The minimum absolute atomic E-state index is 0.0201. The Morgan fingerprint density at radius 3 is 2.86 bits per heavy atom. The molecule has 0 aliphatic heterocycles. The minimum Gasteiger partial charge on any atom is -0.496 e. The van der Waals surface area contributed by atoms with Crippen molar-refractivity contribution in [2.24, 2.45) is 0 Å². The zero-order valence-electron chi connectivity index (χ0n) is 11.6. The van der Waals surface area contributed by atoms with Gasteiger partial charge in [0.2, 0.25) is 0 Å². The molecule has 2 aromatic rings. The standard InChI is InChI=1S/C15H14ClFN2O2/c1-19(9-10-5-3-4-6-13(10)21-2)15(20)12-7-11(17)8-18-14(12)16/h3-8H,9H2,1-2H3. The predicted octanol–water partition coefficient (Wildman–Crippen LogP) is 3.15. The molecule has 0 aliphatic rings. The number of carbonyl (C=O) groups is 1. The van der Waals surface area contributed by atoms with Crippen molar-refractivity contribution < 1.29 is 13.9 Å². The SMILES string of the molecule is COc1ccccc1CN(C)C(=O)c1cc(F)cnc1Cl. The van der Waals surface area contributed by atoms with Crippen LogP contribution >= 0.6 is 11.6 Å². The molecule has 4 nitrogen and oxygen atoms in total. The normalized spacial score (nSPS) is 10.3. The largest absolute Gasteiger partial charge is 0.496 e. The Hall–Kier alpha value is -2.14. The van der Waals surface area contributed by atoms with Crippen molar-refractivity contribution >= 4 is 17.5 Å². The van der Waals surface area contributed by atoms with Gasteiger partial charge in [-0.2, -0.15) is 0 Å². The predicted molar refractivity (Wildman–Crippen MR) is 78.0 cm³/mol. The number of halogens is 2. The fraction of sp³-hybridized carbons (Fsp3) is 0.200. The van der Waals surface area contributed by atoms with Gasteiger partial charge in [-0.05, 0) is 12.1 Å². The number of nitrogens with zero attached hydrogens (tertiary/aromatic N) is 2. The summed E-state index contributed by atoms with van der Waals surface area (Å²) in [6.07, 6.45) is 0.972. The summed E-state index contributed by atoms with van der Waals surface area (Å²) in [6.45, 7) is 0.315. The number of amides is 1. The molecular formula is C15H14ClFN2O2. The van der Waals surface area contributed by atoms with E-state index in [0.717, 1.165) is 17.8 Å². The first-order valence-electron chi connectivity index (χ1n) is 6.21. The molecule has 0 spiro atoms. The molecule has 1 aromatic carbocycles. The highest BCUT2D eigenvalue weighted by atomic mass is 35.5. The van der Waals surface area contributed by atoms with E-state index in [1.54, 1.807) is 14.2 Å². The molecule has 1 heterocycles. The van der Waals surface area contributed by atoms with E-state index < -0.39 is 11.7 Å². The number of benzene rings is 1. The molecule has 0 atom stereocenters. The van der Waals surface area contributed by atoms with Crippen LogP contribution in [0.15, 0.2) is 36.5 Å². The average molecular weight is 309 g/mol. The van der Waals surface area contributed by atoms with Crippen LogP contribution in [0.25, 0.3) is 0 Å². The fourth-order valence-electron chi connectivity index (χ4n) is 1.94. The van der Waals surface area contributed by atoms with E-state index in [4.69, 9.17) is 16.3 Å². The Labute approximate surface area is 127 Å². The summed E-state index contributed by atoms with van der Waals surface area (Å²) in [5.74, 6) is -0.327. The van der Waals surface area contributed by atoms with Crippen LogP contribution in [0, 0.1) is 5.82 Å². The topological polar surface area (TPSA) is 42.4 Å². The van der Waals surface area contributed by atoms with Gasteiger partial charge in [-0.15, -0.1) is 0 Å². The average Bonchev–Trinajstić information content (AvgIpc) is 2.49. The van der Waals surface area contributed by atoms with Gasteiger partial charge < -0.3 is 9.64 Å². The van der Waals surface area contributed by atoms with Gasteiger partial charge in [0.25, 0.3) is 5.91 Å². The second-order valence-corrected chi connectivity index (χ2v) is 4.82. The van der Waals surface area contributed by atoms with E-state index in [9.17, 15) is 9.18 Å². The number of methoxy groups -OCH3 is 1. The molecule has 2 rings (SSSR count). The molecule has 0 saturated carbocycles. The Morgan fingerprint density at radius 1 is 1.43 bits per heavy atom. The van der Waals surface area contributed by atoms with Crippen LogP contribution in [0.4, 0.5) is 4.39 Å². The number of pyridine rings is 1. The number of para-hydroxylation sites is 1. The molecule has 0 bridgehead atoms. The lowest BCUT2D eigenvalue weighted by atomic mass is 10.1. The quantitative estimate of drug-likeness (QED) is 0.815. The first-order valence-corrected chi connectivity index (χ1v) is 6.59. The number of rotatable bonds is 4. The third-order valence-corrected chi connectivity index (χ3v) is 3.28. The summed E-state index contributed by atoms with van der Waals surface area (Å²) in [5.41, 5.74) is 0.880. The van der Waals surface area contributed by atoms with Crippen molar-refractivity contribution in [3.63, 3.8) is 0 Å². The van der Waals surface area contributed by atoms with Gasteiger partial charge in [0.15, 0.2) is 0 Å². The number of ether oxygens (including phenoxy) is 1. The number of hydrogen-bond acceptors (Lipinski definition) is 3. The summed E-state index contributed by atoms with van der Waals surface area (Å²) in [6, 6.07) is 8.44. The van der Waals surface area contributed by atoms with Crippen LogP contribution in [0.3, 0.4) is 0 Å². The fourth-order valence-corrected chi connectivity index (χ4v) is 2.12. The lowest BCUT2D eigenvalue weighted by molar-refractivity contribution is 0.0783. The maximum atomic E-state index is 13.2. The van der Waals surface area contributed by atoms with E-state index in [0.29, 0.717) is 12.3 Å². The maximum absolute atomic E-state index is 13.2. The minimum atomic E-state index is -0.603. The molecule has 0 fully saturated rings. The van der Waals surface area contributed by atoms with Crippen molar-refractivity contribution in [2.45, 2.75) is 6.54 Å².